The Bertz CT molecular complexity index is 950. The molecule has 2 atom stereocenters. The minimum atomic E-state index is -0.518. The first kappa shape index (κ1) is 23.3. The van der Waals surface area contributed by atoms with Crippen LogP contribution in [0.1, 0.15) is 43.9 Å². The van der Waals surface area contributed by atoms with E-state index < -0.39 is 6.04 Å². The first-order valence-corrected chi connectivity index (χ1v) is 11.8. The van der Waals surface area contributed by atoms with Crippen molar-refractivity contribution in [2.45, 2.75) is 45.8 Å². The maximum atomic E-state index is 13.5. The molecule has 1 aromatic rings. The molecule has 0 saturated carbocycles. The highest BCUT2D eigenvalue weighted by Gasteiger charge is 2.43. The Hall–Kier alpha value is -2.87. The van der Waals surface area contributed by atoms with Gasteiger partial charge in [0.15, 0.2) is 0 Å². The molecule has 1 saturated heterocycles. The highest BCUT2D eigenvalue weighted by atomic mass is 16.5. The van der Waals surface area contributed by atoms with Gasteiger partial charge in [0.05, 0.1) is 30.0 Å². The molecule has 8 nitrogen and oxygen atoms in total. The summed E-state index contributed by atoms with van der Waals surface area (Å²) in [7, 11) is 1.66. The van der Waals surface area contributed by atoms with Gasteiger partial charge in [-0.3, -0.25) is 14.5 Å². The van der Waals surface area contributed by atoms with Crippen LogP contribution in [-0.2, 0) is 14.3 Å². The number of aryl methyl sites for hydroxylation is 1. The summed E-state index contributed by atoms with van der Waals surface area (Å²) in [6.45, 7) is 8.32. The largest absolute Gasteiger partial charge is 0.376 e. The first-order valence-electron chi connectivity index (χ1n) is 11.8. The smallest absolute Gasteiger partial charge is 0.322 e. The molecule has 178 valence electrons. The monoisotopic (exact) mass is 454 g/mol. The molecule has 33 heavy (non-hydrogen) atoms. The summed E-state index contributed by atoms with van der Waals surface area (Å²) in [6.07, 6.45) is 2.03. The molecular formula is C25H34N4O4. The second kappa shape index (κ2) is 9.55. The van der Waals surface area contributed by atoms with Crippen LogP contribution in [0.5, 0.6) is 0 Å². The number of rotatable bonds is 7. The number of carbonyl (C=O) groups excluding carboxylic acids is 3. The Kier molecular flexibility index (Phi) is 6.74. The highest BCUT2D eigenvalue weighted by molar-refractivity contribution is 6.02. The number of amides is 4. The zero-order chi connectivity index (χ0) is 23.7. The van der Waals surface area contributed by atoms with E-state index in [1.54, 1.807) is 11.9 Å². The van der Waals surface area contributed by atoms with E-state index in [9.17, 15) is 14.4 Å². The number of hydrogen-bond acceptors (Lipinski definition) is 4. The molecule has 2 unspecified atom stereocenters. The van der Waals surface area contributed by atoms with E-state index in [1.165, 1.54) is 4.90 Å². The van der Waals surface area contributed by atoms with Crippen molar-refractivity contribution < 1.29 is 19.1 Å². The lowest BCUT2D eigenvalue weighted by molar-refractivity contribution is -0.139. The van der Waals surface area contributed by atoms with Crippen LogP contribution in [-0.4, -0.2) is 78.5 Å². The molecule has 3 heterocycles. The molecule has 1 fully saturated rings. The van der Waals surface area contributed by atoms with Gasteiger partial charge in [-0.05, 0) is 31.2 Å². The lowest BCUT2D eigenvalue weighted by Gasteiger charge is -2.31. The quantitative estimate of drug-likeness (QED) is 0.686. The second-order valence-electron chi connectivity index (χ2n) is 9.70. The fourth-order valence-corrected chi connectivity index (χ4v) is 4.78. The summed E-state index contributed by atoms with van der Waals surface area (Å²) < 4.78 is 5.75. The van der Waals surface area contributed by atoms with Crippen molar-refractivity contribution in [1.82, 2.24) is 20.0 Å². The van der Waals surface area contributed by atoms with Crippen LogP contribution in [0.25, 0.3) is 0 Å². The van der Waals surface area contributed by atoms with E-state index in [4.69, 9.17) is 4.74 Å². The van der Waals surface area contributed by atoms with Gasteiger partial charge in [-0.1, -0.05) is 43.7 Å². The average molecular weight is 455 g/mol. The minimum absolute atomic E-state index is 0.00603. The van der Waals surface area contributed by atoms with Crippen LogP contribution >= 0.6 is 0 Å². The average Bonchev–Trinajstić information content (AvgIpc) is 3.39. The normalized spacial score (nSPS) is 22.8. The maximum Gasteiger partial charge on any atom is 0.322 e. The van der Waals surface area contributed by atoms with Crippen molar-refractivity contribution in [1.29, 1.82) is 0 Å². The summed E-state index contributed by atoms with van der Waals surface area (Å²) in [4.78, 5) is 44.2. The number of urea groups is 1. The summed E-state index contributed by atoms with van der Waals surface area (Å²) >= 11 is 0. The number of benzene rings is 1. The standard InChI is InChI=1S/C25H34N4O4/c1-16(2)12-28(13-19-6-5-11-33-19)21(30)15-29-14-20-22(24(29)31)23(26-25(32)27(20)4)18-9-7-17(3)8-10-18/h7-10,16,19,23H,5-6,11-15H2,1-4H3,(H,26,32). The summed E-state index contributed by atoms with van der Waals surface area (Å²) in [5.74, 6) is 0.0356. The summed E-state index contributed by atoms with van der Waals surface area (Å²) in [5.41, 5.74) is 3.17. The summed E-state index contributed by atoms with van der Waals surface area (Å²) in [6, 6.07) is 7.04. The van der Waals surface area contributed by atoms with E-state index in [0.29, 0.717) is 30.3 Å². The van der Waals surface area contributed by atoms with Crippen LogP contribution in [0.3, 0.4) is 0 Å². The van der Waals surface area contributed by atoms with Gasteiger partial charge in [0.1, 0.15) is 6.54 Å². The minimum Gasteiger partial charge on any atom is -0.376 e. The van der Waals surface area contributed by atoms with E-state index in [-0.39, 0.29) is 37.0 Å². The zero-order valence-corrected chi connectivity index (χ0v) is 20.0. The molecule has 8 heteroatoms. The molecule has 3 aliphatic heterocycles. The van der Waals surface area contributed by atoms with Gasteiger partial charge in [0, 0.05) is 26.7 Å². The van der Waals surface area contributed by atoms with Gasteiger partial charge in [0.25, 0.3) is 5.91 Å². The Morgan fingerprint density at radius 1 is 1.24 bits per heavy atom. The van der Waals surface area contributed by atoms with Gasteiger partial charge in [-0.2, -0.15) is 0 Å². The fourth-order valence-electron chi connectivity index (χ4n) is 4.78. The predicted molar refractivity (Wildman–Crippen MR) is 124 cm³/mol. The second-order valence-corrected chi connectivity index (χ2v) is 9.70. The van der Waals surface area contributed by atoms with E-state index in [0.717, 1.165) is 30.6 Å². The van der Waals surface area contributed by atoms with Gasteiger partial charge in [-0.25, -0.2) is 4.79 Å². The number of hydrogen-bond donors (Lipinski definition) is 1. The molecule has 0 aromatic heterocycles. The van der Waals surface area contributed by atoms with Gasteiger partial charge in [-0.15, -0.1) is 0 Å². The van der Waals surface area contributed by atoms with Crippen molar-refractivity contribution >= 4 is 17.8 Å². The highest BCUT2D eigenvalue weighted by Crippen LogP contribution is 2.35. The third-order valence-corrected chi connectivity index (χ3v) is 6.56. The van der Waals surface area contributed by atoms with Crippen LogP contribution in [0.4, 0.5) is 4.79 Å². The molecule has 0 spiro atoms. The molecule has 4 rings (SSSR count). The molecule has 3 aliphatic rings. The van der Waals surface area contributed by atoms with Crippen molar-refractivity contribution in [2.75, 3.05) is 39.8 Å². The number of carbonyl (C=O) groups is 3. The van der Waals surface area contributed by atoms with Gasteiger partial charge >= 0.3 is 6.03 Å². The number of nitrogens with zero attached hydrogens (tertiary/aromatic N) is 3. The van der Waals surface area contributed by atoms with Crippen LogP contribution in [0.2, 0.25) is 0 Å². The fraction of sp³-hybridized carbons (Fsp3) is 0.560. The Morgan fingerprint density at radius 3 is 2.61 bits per heavy atom. The lowest BCUT2D eigenvalue weighted by Crippen LogP contribution is -2.46. The maximum absolute atomic E-state index is 13.5. The van der Waals surface area contributed by atoms with E-state index >= 15 is 0 Å². The molecule has 1 N–H and O–H groups in total. The first-order chi connectivity index (χ1) is 15.7. The zero-order valence-electron chi connectivity index (χ0n) is 20.0. The van der Waals surface area contributed by atoms with E-state index in [2.05, 4.69) is 19.2 Å². The number of nitrogens with one attached hydrogen (secondary N) is 1. The Morgan fingerprint density at radius 2 is 1.97 bits per heavy atom. The topological polar surface area (TPSA) is 82.2 Å². The SMILES string of the molecule is Cc1ccc(C2NC(=O)N(C)C3=C2C(=O)N(CC(=O)N(CC(C)C)CC2CCCO2)C3)cc1. The Labute approximate surface area is 195 Å². The summed E-state index contributed by atoms with van der Waals surface area (Å²) in [5, 5.41) is 2.94. The molecule has 1 aromatic carbocycles. The van der Waals surface area contributed by atoms with Crippen molar-refractivity contribution in [3.05, 3.63) is 46.7 Å². The van der Waals surface area contributed by atoms with Crippen molar-refractivity contribution in [3.8, 4) is 0 Å². The van der Waals surface area contributed by atoms with Crippen LogP contribution in [0.15, 0.2) is 35.5 Å². The third-order valence-electron chi connectivity index (χ3n) is 6.56. The molecule has 0 radical (unpaired) electrons. The number of likely N-dealkylation sites (N-methyl/N-ethyl adjacent to an activating group) is 1. The molecule has 0 aliphatic carbocycles. The predicted octanol–water partition coefficient (Wildman–Crippen LogP) is 2.45. The number of ether oxygens (including phenoxy) is 1. The van der Waals surface area contributed by atoms with Gasteiger partial charge < -0.3 is 19.9 Å². The molecular weight excluding hydrogens is 420 g/mol. The lowest BCUT2D eigenvalue weighted by atomic mass is 9.95. The molecule has 4 amide bonds. The third kappa shape index (κ3) is 4.90. The van der Waals surface area contributed by atoms with Crippen molar-refractivity contribution in [3.63, 3.8) is 0 Å². The van der Waals surface area contributed by atoms with Gasteiger partial charge in [0.2, 0.25) is 5.91 Å². The van der Waals surface area contributed by atoms with Crippen LogP contribution < -0.4 is 5.32 Å². The Balaban J connectivity index is 1.52. The van der Waals surface area contributed by atoms with Crippen LogP contribution in [0, 0.1) is 12.8 Å². The van der Waals surface area contributed by atoms with E-state index in [1.807, 2.05) is 36.1 Å². The van der Waals surface area contributed by atoms with Crippen molar-refractivity contribution in [2.24, 2.45) is 5.92 Å². The molecule has 0 bridgehead atoms.